The molecule has 0 atom stereocenters. The molecule has 1 amide bonds. The van der Waals surface area contributed by atoms with E-state index in [0.29, 0.717) is 43.7 Å². The third kappa shape index (κ3) is 5.49. The highest BCUT2D eigenvalue weighted by Crippen LogP contribution is 2.22. The van der Waals surface area contributed by atoms with Crippen LogP contribution in [-0.4, -0.2) is 66.6 Å². The topological polar surface area (TPSA) is 120 Å². The minimum absolute atomic E-state index is 0.137. The Labute approximate surface area is 182 Å². The van der Waals surface area contributed by atoms with E-state index in [1.165, 1.54) is 12.4 Å². The zero-order valence-electron chi connectivity index (χ0n) is 17.4. The number of aromatic nitrogens is 2. The molecule has 2 aliphatic rings. The lowest BCUT2D eigenvalue weighted by molar-refractivity contribution is 0.0931. The first-order valence-electron chi connectivity index (χ1n) is 10.4. The summed E-state index contributed by atoms with van der Waals surface area (Å²) in [4.78, 5) is 22.6. The molecule has 10 nitrogen and oxygen atoms in total. The summed E-state index contributed by atoms with van der Waals surface area (Å²) < 4.78 is 25.6. The van der Waals surface area contributed by atoms with E-state index in [9.17, 15) is 13.2 Å². The number of benzene rings is 1. The molecule has 0 spiro atoms. The van der Waals surface area contributed by atoms with Crippen LogP contribution < -0.4 is 21.1 Å². The highest BCUT2D eigenvalue weighted by atomic mass is 32.2. The van der Waals surface area contributed by atoms with Crippen molar-refractivity contribution in [2.45, 2.75) is 25.8 Å². The summed E-state index contributed by atoms with van der Waals surface area (Å²) in [7, 11) is -3.13. The van der Waals surface area contributed by atoms with E-state index in [0.717, 1.165) is 24.2 Å². The second kappa shape index (κ2) is 9.16. The van der Waals surface area contributed by atoms with Crippen LogP contribution in [0.4, 0.5) is 17.3 Å². The number of amides is 1. The quantitative estimate of drug-likeness (QED) is 0.517. The molecule has 3 N–H and O–H groups in total. The highest BCUT2D eigenvalue weighted by Gasteiger charge is 2.25. The molecule has 31 heavy (non-hydrogen) atoms. The lowest BCUT2D eigenvalue weighted by Gasteiger charge is -2.35. The number of sulfonamides is 1. The summed E-state index contributed by atoms with van der Waals surface area (Å²) in [6.07, 6.45) is 5.12. The van der Waals surface area contributed by atoms with Crippen molar-refractivity contribution in [1.29, 1.82) is 0 Å². The Kier molecular flexibility index (Phi) is 6.35. The number of piperazine rings is 1. The van der Waals surface area contributed by atoms with Gasteiger partial charge in [-0.15, -0.1) is 0 Å². The summed E-state index contributed by atoms with van der Waals surface area (Å²) >= 11 is 0. The highest BCUT2D eigenvalue weighted by molar-refractivity contribution is 7.89. The smallest absolute Gasteiger partial charge is 0.268 e. The van der Waals surface area contributed by atoms with Crippen LogP contribution in [0.5, 0.6) is 0 Å². The van der Waals surface area contributed by atoms with Crippen molar-refractivity contribution in [3.63, 3.8) is 0 Å². The van der Waals surface area contributed by atoms with E-state index < -0.39 is 10.0 Å². The van der Waals surface area contributed by atoms with Gasteiger partial charge in [0.1, 0.15) is 0 Å². The molecule has 1 aromatic heterocycles. The molecular formula is C20H27N7O3S. The first-order valence-corrected chi connectivity index (χ1v) is 12.0. The SMILES string of the molecule is CCS(=O)(=O)N1CCN(c2ccc(Nc3ncc(C(=O)NNC4CC4)cn3)cc2)CC1. The van der Waals surface area contributed by atoms with Crippen molar-refractivity contribution in [1.82, 2.24) is 25.1 Å². The minimum Gasteiger partial charge on any atom is -0.369 e. The van der Waals surface area contributed by atoms with Crippen LogP contribution in [0.15, 0.2) is 36.7 Å². The first-order chi connectivity index (χ1) is 14.9. The van der Waals surface area contributed by atoms with Gasteiger partial charge >= 0.3 is 0 Å². The number of anilines is 3. The van der Waals surface area contributed by atoms with Crippen LogP contribution in [0, 0.1) is 0 Å². The molecule has 2 fully saturated rings. The van der Waals surface area contributed by atoms with E-state index in [-0.39, 0.29) is 11.7 Å². The molecule has 1 saturated carbocycles. The van der Waals surface area contributed by atoms with E-state index >= 15 is 0 Å². The lowest BCUT2D eigenvalue weighted by Crippen LogP contribution is -2.49. The first kappa shape index (κ1) is 21.5. The Balaban J connectivity index is 1.30. The van der Waals surface area contributed by atoms with Gasteiger partial charge in [0, 0.05) is 56.0 Å². The Hall–Kier alpha value is -2.76. The molecule has 2 heterocycles. The van der Waals surface area contributed by atoms with E-state index in [4.69, 9.17) is 0 Å². The van der Waals surface area contributed by atoms with Crippen LogP contribution in [0.2, 0.25) is 0 Å². The maximum Gasteiger partial charge on any atom is 0.268 e. The predicted molar refractivity (Wildman–Crippen MR) is 119 cm³/mol. The van der Waals surface area contributed by atoms with E-state index in [2.05, 4.69) is 31.0 Å². The average Bonchev–Trinajstić information content (AvgIpc) is 3.63. The fourth-order valence-electron chi connectivity index (χ4n) is 3.27. The van der Waals surface area contributed by atoms with Crippen LogP contribution >= 0.6 is 0 Å². The molecule has 1 saturated heterocycles. The van der Waals surface area contributed by atoms with Crippen molar-refractivity contribution >= 4 is 33.3 Å². The van der Waals surface area contributed by atoms with Crippen molar-refractivity contribution in [2.24, 2.45) is 0 Å². The summed E-state index contributed by atoms with van der Waals surface area (Å²) in [6, 6.07) is 8.19. The number of hydrogen-bond donors (Lipinski definition) is 3. The molecule has 11 heteroatoms. The Bertz CT molecular complexity index is 1000. The third-order valence-electron chi connectivity index (χ3n) is 5.37. The molecule has 1 aromatic carbocycles. The molecule has 0 bridgehead atoms. The van der Waals surface area contributed by atoms with Crippen LogP contribution in [0.25, 0.3) is 0 Å². The van der Waals surface area contributed by atoms with E-state index in [1.807, 2.05) is 24.3 Å². The zero-order chi connectivity index (χ0) is 21.8. The Morgan fingerprint density at radius 1 is 1.06 bits per heavy atom. The molecule has 0 unspecified atom stereocenters. The number of carbonyl (C=O) groups is 1. The predicted octanol–water partition coefficient (Wildman–Crippen LogP) is 1.09. The standard InChI is InChI=1S/C20H27N7O3S/c1-2-31(29,30)27-11-9-26(10-12-27)18-7-5-16(6-8-18)23-20-21-13-15(14-22-20)19(28)25-24-17-3-4-17/h5-8,13-14,17,24H,2-4,9-12H2,1H3,(H,25,28)(H,21,22,23). The largest absolute Gasteiger partial charge is 0.369 e. The monoisotopic (exact) mass is 445 g/mol. The van der Waals surface area contributed by atoms with Crippen molar-refractivity contribution in [3.8, 4) is 0 Å². The molecular weight excluding hydrogens is 418 g/mol. The van der Waals surface area contributed by atoms with Gasteiger partial charge in [0.15, 0.2) is 0 Å². The fourth-order valence-corrected chi connectivity index (χ4v) is 4.35. The number of nitrogens with one attached hydrogen (secondary N) is 3. The maximum absolute atomic E-state index is 12.0. The number of rotatable bonds is 8. The second-order valence-electron chi connectivity index (χ2n) is 7.63. The molecule has 1 aliphatic heterocycles. The van der Waals surface area contributed by atoms with Crippen molar-refractivity contribution in [2.75, 3.05) is 42.1 Å². The van der Waals surface area contributed by atoms with Gasteiger partial charge in [-0.1, -0.05) is 0 Å². The zero-order valence-corrected chi connectivity index (χ0v) is 18.2. The minimum atomic E-state index is -3.13. The average molecular weight is 446 g/mol. The van der Waals surface area contributed by atoms with Gasteiger partial charge in [0.05, 0.1) is 11.3 Å². The summed E-state index contributed by atoms with van der Waals surface area (Å²) in [6.45, 7) is 3.99. The van der Waals surface area contributed by atoms with Gasteiger partial charge in [-0.2, -0.15) is 4.31 Å². The van der Waals surface area contributed by atoms with Crippen LogP contribution in [0.1, 0.15) is 30.1 Å². The van der Waals surface area contributed by atoms with E-state index in [1.54, 1.807) is 11.2 Å². The molecule has 4 rings (SSSR count). The van der Waals surface area contributed by atoms with Crippen molar-refractivity contribution < 1.29 is 13.2 Å². The number of carbonyl (C=O) groups excluding carboxylic acids is 1. The number of nitrogens with zero attached hydrogens (tertiary/aromatic N) is 4. The molecule has 0 radical (unpaired) electrons. The van der Waals surface area contributed by atoms with Crippen LogP contribution in [-0.2, 0) is 10.0 Å². The Morgan fingerprint density at radius 3 is 2.29 bits per heavy atom. The second-order valence-corrected chi connectivity index (χ2v) is 9.88. The maximum atomic E-state index is 12.0. The Morgan fingerprint density at radius 2 is 1.71 bits per heavy atom. The van der Waals surface area contributed by atoms with Gasteiger partial charge in [0.2, 0.25) is 16.0 Å². The molecule has 166 valence electrons. The summed E-state index contributed by atoms with van der Waals surface area (Å²) in [5.74, 6) is 0.283. The van der Waals surface area contributed by atoms with Gasteiger partial charge in [-0.3, -0.25) is 10.2 Å². The summed E-state index contributed by atoms with van der Waals surface area (Å²) in [5, 5.41) is 3.12. The normalized spacial score (nSPS) is 17.4. The van der Waals surface area contributed by atoms with Gasteiger partial charge in [0.25, 0.3) is 5.91 Å². The molecule has 1 aliphatic carbocycles. The fraction of sp³-hybridized carbons (Fsp3) is 0.450. The molecule has 2 aromatic rings. The van der Waals surface area contributed by atoms with Gasteiger partial charge < -0.3 is 10.2 Å². The van der Waals surface area contributed by atoms with Gasteiger partial charge in [-0.05, 0) is 44.0 Å². The van der Waals surface area contributed by atoms with Gasteiger partial charge in [-0.25, -0.2) is 23.8 Å². The summed E-state index contributed by atoms with van der Waals surface area (Å²) in [5.41, 5.74) is 7.85. The van der Waals surface area contributed by atoms with Crippen molar-refractivity contribution in [3.05, 3.63) is 42.2 Å². The number of hydrazine groups is 1. The van der Waals surface area contributed by atoms with Crippen LogP contribution in [0.3, 0.4) is 0 Å². The number of hydrogen-bond acceptors (Lipinski definition) is 8. The lowest BCUT2D eigenvalue weighted by atomic mass is 10.2. The third-order valence-corrected chi connectivity index (χ3v) is 7.25.